The van der Waals surface area contributed by atoms with Gasteiger partial charge in [0.1, 0.15) is 5.75 Å². The van der Waals surface area contributed by atoms with E-state index in [1.165, 1.54) is 0 Å². The molecule has 0 aliphatic carbocycles. The van der Waals surface area contributed by atoms with Crippen LogP contribution < -0.4 is 10.1 Å². The molecule has 1 aromatic carbocycles. The predicted molar refractivity (Wildman–Crippen MR) is 95.0 cm³/mol. The Hall–Kier alpha value is -1.59. The molecule has 2 atom stereocenters. The van der Waals surface area contributed by atoms with Crippen LogP contribution >= 0.6 is 0 Å². The molecule has 5 nitrogen and oxygen atoms in total. The molecular weight excluding hydrogens is 304 g/mol. The second kappa shape index (κ2) is 9.64. The van der Waals surface area contributed by atoms with Gasteiger partial charge in [-0.05, 0) is 50.4 Å². The molecule has 1 fully saturated rings. The van der Waals surface area contributed by atoms with E-state index in [1.54, 1.807) is 0 Å². The van der Waals surface area contributed by atoms with E-state index in [4.69, 9.17) is 4.74 Å². The van der Waals surface area contributed by atoms with Gasteiger partial charge in [0.2, 0.25) is 5.91 Å². The number of carbonyl (C=O) groups excluding carboxylic acids is 1. The number of likely N-dealkylation sites (tertiary alicyclic amines) is 1. The van der Waals surface area contributed by atoms with E-state index in [0.717, 1.165) is 43.5 Å². The first-order valence-electron chi connectivity index (χ1n) is 9.00. The van der Waals surface area contributed by atoms with Crippen molar-refractivity contribution < 1.29 is 14.6 Å². The fourth-order valence-electron chi connectivity index (χ4n) is 3.17. The van der Waals surface area contributed by atoms with Crippen LogP contribution in [0.4, 0.5) is 0 Å². The van der Waals surface area contributed by atoms with Gasteiger partial charge >= 0.3 is 0 Å². The third kappa shape index (κ3) is 5.80. The quantitative estimate of drug-likeness (QED) is 0.766. The molecule has 2 N–H and O–H groups in total. The van der Waals surface area contributed by atoms with Gasteiger partial charge in [-0.3, -0.25) is 9.69 Å². The van der Waals surface area contributed by atoms with E-state index in [-0.39, 0.29) is 11.9 Å². The number of aliphatic hydroxyl groups is 1. The van der Waals surface area contributed by atoms with Gasteiger partial charge in [0.15, 0.2) is 0 Å². The van der Waals surface area contributed by atoms with Crippen LogP contribution in [0.15, 0.2) is 24.3 Å². The lowest BCUT2D eigenvalue weighted by Gasteiger charge is -2.36. The number of piperidine rings is 1. The van der Waals surface area contributed by atoms with Crippen LogP contribution in [-0.2, 0) is 11.3 Å². The molecule has 2 rings (SSSR count). The summed E-state index contributed by atoms with van der Waals surface area (Å²) in [6.07, 6.45) is 3.75. The largest absolute Gasteiger partial charge is 0.494 e. The highest BCUT2D eigenvalue weighted by atomic mass is 16.5. The zero-order chi connectivity index (χ0) is 17.4. The Kier molecular flexibility index (Phi) is 7.53. The van der Waals surface area contributed by atoms with Crippen LogP contribution in [0.3, 0.4) is 0 Å². The van der Waals surface area contributed by atoms with Gasteiger partial charge in [0, 0.05) is 12.6 Å². The second-order valence-corrected chi connectivity index (χ2v) is 6.55. The van der Waals surface area contributed by atoms with E-state index in [2.05, 4.69) is 17.1 Å². The van der Waals surface area contributed by atoms with Crippen molar-refractivity contribution in [3.63, 3.8) is 0 Å². The Bertz CT molecular complexity index is 519. The molecule has 0 radical (unpaired) electrons. The molecule has 0 saturated carbocycles. The average molecular weight is 334 g/mol. The Morgan fingerprint density at radius 1 is 1.46 bits per heavy atom. The number of hydrogen-bond acceptors (Lipinski definition) is 4. The maximum atomic E-state index is 12.2. The number of hydrogen-bond donors (Lipinski definition) is 2. The second-order valence-electron chi connectivity index (χ2n) is 6.55. The molecule has 0 aromatic heterocycles. The first-order chi connectivity index (χ1) is 11.6. The average Bonchev–Trinajstić information content (AvgIpc) is 2.59. The molecule has 1 aromatic rings. The molecule has 5 heteroatoms. The maximum Gasteiger partial charge on any atom is 0.234 e. The number of nitrogens with one attached hydrogen (secondary N) is 1. The SMILES string of the molecule is CCCOc1cccc(CNC(=O)CN2CCCCC2C(C)O)c1. The zero-order valence-corrected chi connectivity index (χ0v) is 14.8. The number of nitrogens with zero attached hydrogens (tertiary/aromatic N) is 1. The lowest BCUT2D eigenvalue weighted by molar-refractivity contribution is -0.124. The molecule has 134 valence electrons. The van der Waals surface area contributed by atoms with E-state index >= 15 is 0 Å². The highest BCUT2D eigenvalue weighted by Crippen LogP contribution is 2.19. The van der Waals surface area contributed by atoms with E-state index in [9.17, 15) is 9.90 Å². The number of benzene rings is 1. The molecule has 0 bridgehead atoms. The van der Waals surface area contributed by atoms with Crippen LogP contribution in [0.2, 0.25) is 0 Å². The van der Waals surface area contributed by atoms with Crippen LogP contribution in [0.25, 0.3) is 0 Å². The molecule has 1 amide bonds. The van der Waals surface area contributed by atoms with Crippen molar-refractivity contribution in [2.75, 3.05) is 19.7 Å². The van der Waals surface area contributed by atoms with Gasteiger partial charge in [-0.25, -0.2) is 0 Å². The van der Waals surface area contributed by atoms with Crippen molar-refractivity contribution in [3.05, 3.63) is 29.8 Å². The Morgan fingerprint density at radius 2 is 2.29 bits per heavy atom. The highest BCUT2D eigenvalue weighted by molar-refractivity contribution is 5.78. The third-order valence-electron chi connectivity index (χ3n) is 4.43. The van der Waals surface area contributed by atoms with Crippen molar-refractivity contribution in [1.82, 2.24) is 10.2 Å². The summed E-state index contributed by atoms with van der Waals surface area (Å²) in [7, 11) is 0. The summed E-state index contributed by atoms with van der Waals surface area (Å²) in [5.41, 5.74) is 1.03. The Labute approximate surface area is 145 Å². The summed E-state index contributed by atoms with van der Waals surface area (Å²) in [5, 5.41) is 12.9. The molecule has 2 unspecified atom stereocenters. The number of aliphatic hydroxyl groups excluding tert-OH is 1. The lowest BCUT2D eigenvalue weighted by Crippen LogP contribution is -2.49. The number of amides is 1. The van der Waals surface area contributed by atoms with Crippen molar-refractivity contribution in [2.24, 2.45) is 0 Å². The van der Waals surface area contributed by atoms with Crippen LogP contribution in [0.1, 0.15) is 45.1 Å². The minimum atomic E-state index is -0.398. The summed E-state index contributed by atoms with van der Waals surface area (Å²) in [4.78, 5) is 14.3. The van der Waals surface area contributed by atoms with Gasteiger partial charge in [-0.1, -0.05) is 25.5 Å². The standard InChI is InChI=1S/C19H30N2O3/c1-3-11-24-17-8-6-7-16(12-17)13-20-19(23)14-21-10-5-4-9-18(21)15(2)22/h6-8,12,15,18,22H,3-5,9-11,13-14H2,1-2H3,(H,20,23). The predicted octanol–water partition coefficient (Wildman–Crippen LogP) is 2.33. The van der Waals surface area contributed by atoms with Gasteiger partial charge in [0.05, 0.1) is 19.3 Å². The summed E-state index contributed by atoms with van der Waals surface area (Å²) in [6.45, 7) is 6.31. The van der Waals surface area contributed by atoms with Crippen LogP contribution in [0, 0.1) is 0 Å². The first-order valence-corrected chi connectivity index (χ1v) is 9.00. The van der Waals surface area contributed by atoms with Crippen molar-refractivity contribution >= 4 is 5.91 Å². The minimum Gasteiger partial charge on any atom is -0.494 e. The fraction of sp³-hybridized carbons (Fsp3) is 0.632. The monoisotopic (exact) mass is 334 g/mol. The molecule has 1 aliphatic rings. The number of carbonyl (C=O) groups is 1. The van der Waals surface area contributed by atoms with E-state index in [0.29, 0.717) is 19.7 Å². The van der Waals surface area contributed by atoms with Gasteiger partial charge < -0.3 is 15.2 Å². The van der Waals surface area contributed by atoms with Crippen LogP contribution in [0.5, 0.6) is 5.75 Å². The smallest absolute Gasteiger partial charge is 0.234 e. The van der Waals surface area contributed by atoms with Gasteiger partial charge in [-0.2, -0.15) is 0 Å². The third-order valence-corrected chi connectivity index (χ3v) is 4.43. The van der Waals surface area contributed by atoms with Crippen molar-refractivity contribution in [3.8, 4) is 5.75 Å². The Morgan fingerprint density at radius 3 is 3.04 bits per heavy atom. The normalized spacial score (nSPS) is 19.7. The molecule has 1 heterocycles. The molecule has 0 spiro atoms. The summed E-state index contributed by atoms with van der Waals surface area (Å²) < 4.78 is 5.62. The minimum absolute atomic E-state index is 0.00225. The molecule has 1 aliphatic heterocycles. The highest BCUT2D eigenvalue weighted by Gasteiger charge is 2.27. The first kappa shape index (κ1) is 18.7. The van der Waals surface area contributed by atoms with E-state index < -0.39 is 6.10 Å². The number of rotatable bonds is 8. The molecule has 1 saturated heterocycles. The maximum absolute atomic E-state index is 12.2. The van der Waals surface area contributed by atoms with Gasteiger partial charge in [-0.15, -0.1) is 0 Å². The van der Waals surface area contributed by atoms with Gasteiger partial charge in [0.25, 0.3) is 0 Å². The lowest BCUT2D eigenvalue weighted by atomic mass is 9.98. The fourth-order valence-corrected chi connectivity index (χ4v) is 3.17. The molecule has 24 heavy (non-hydrogen) atoms. The zero-order valence-electron chi connectivity index (χ0n) is 14.8. The van der Waals surface area contributed by atoms with E-state index in [1.807, 2.05) is 31.2 Å². The Balaban J connectivity index is 1.82. The molecular formula is C19H30N2O3. The summed E-state index contributed by atoms with van der Waals surface area (Å²) >= 11 is 0. The van der Waals surface area contributed by atoms with Crippen molar-refractivity contribution in [1.29, 1.82) is 0 Å². The van der Waals surface area contributed by atoms with Crippen LogP contribution in [-0.4, -0.2) is 47.8 Å². The number of ether oxygens (including phenoxy) is 1. The van der Waals surface area contributed by atoms with Crippen molar-refractivity contribution in [2.45, 2.75) is 58.2 Å². The topological polar surface area (TPSA) is 61.8 Å². The summed E-state index contributed by atoms with van der Waals surface area (Å²) in [5.74, 6) is 0.844. The summed E-state index contributed by atoms with van der Waals surface area (Å²) in [6, 6.07) is 7.92.